The topological polar surface area (TPSA) is 55.0 Å². The van der Waals surface area contributed by atoms with Gasteiger partial charge in [-0.3, -0.25) is 0 Å². The molecule has 4 nitrogen and oxygen atoms in total. The van der Waals surface area contributed by atoms with Gasteiger partial charge in [0.2, 0.25) is 5.95 Å². The lowest BCUT2D eigenvalue weighted by molar-refractivity contribution is 0.611. The van der Waals surface area contributed by atoms with Crippen molar-refractivity contribution in [3.05, 3.63) is 12.3 Å². The van der Waals surface area contributed by atoms with Gasteiger partial charge in [-0.25, -0.2) is 4.98 Å². The summed E-state index contributed by atoms with van der Waals surface area (Å²) in [5.74, 6) is 1.22. The van der Waals surface area contributed by atoms with Gasteiger partial charge in [0.15, 0.2) is 0 Å². The lowest BCUT2D eigenvalue weighted by Gasteiger charge is -2.25. The summed E-state index contributed by atoms with van der Waals surface area (Å²) in [5, 5.41) is 0. The molecule has 14 heavy (non-hydrogen) atoms. The van der Waals surface area contributed by atoms with Crippen molar-refractivity contribution in [1.29, 1.82) is 0 Å². The molecule has 78 valence electrons. The van der Waals surface area contributed by atoms with E-state index >= 15 is 0 Å². The molecular formula is C10H18N4. The molecule has 0 saturated heterocycles. The summed E-state index contributed by atoms with van der Waals surface area (Å²) >= 11 is 0. The molecular weight excluding hydrogens is 176 g/mol. The Labute approximate surface area is 85.2 Å². The molecule has 4 heteroatoms. The molecule has 0 bridgehead atoms. The first-order valence-electron chi connectivity index (χ1n) is 4.96. The van der Waals surface area contributed by atoms with Gasteiger partial charge in [-0.2, -0.15) is 4.98 Å². The first kappa shape index (κ1) is 10.8. The van der Waals surface area contributed by atoms with E-state index in [1.165, 1.54) is 6.42 Å². The van der Waals surface area contributed by atoms with Gasteiger partial charge >= 0.3 is 0 Å². The standard InChI is InChI=1S/C10H18N4/c1-4-5-8(2)14(3)9-6-7-12-10(11)13-9/h6-8H,4-5H2,1-3H3,(H2,11,12,13). The molecule has 0 aliphatic rings. The minimum absolute atomic E-state index is 0.332. The van der Waals surface area contributed by atoms with E-state index in [9.17, 15) is 0 Å². The Hall–Kier alpha value is -1.32. The van der Waals surface area contributed by atoms with E-state index < -0.39 is 0 Å². The number of nitrogens with zero attached hydrogens (tertiary/aromatic N) is 3. The first-order valence-corrected chi connectivity index (χ1v) is 4.96. The van der Waals surface area contributed by atoms with Gasteiger partial charge in [0.25, 0.3) is 0 Å². The molecule has 1 rings (SSSR count). The van der Waals surface area contributed by atoms with Crippen molar-refractivity contribution in [3.63, 3.8) is 0 Å². The second kappa shape index (κ2) is 4.79. The summed E-state index contributed by atoms with van der Waals surface area (Å²) in [6.07, 6.45) is 4.01. The molecule has 1 unspecified atom stereocenters. The molecule has 1 aromatic rings. The quantitative estimate of drug-likeness (QED) is 0.792. The first-order chi connectivity index (χ1) is 6.65. The lowest BCUT2D eigenvalue weighted by atomic mass is 10.2. The zero-order valence-electron chi connectivity index (χ0n) is 9.07. The molecule has 2 N–H and O–H groups in total. The molecule has 1 aromatic heterocycles. The van der Waals surface area contributed by atoms with Crippen LogP contribution in [0.4, 0.5) is 11.8 Å². The van der Waals surface area contributed by atoms with Gasteiger partial charge in [0.05, 0.1) is 0 Å². The van der Waals surface area contributed by atoms with Crippen LogP contribution in [0, 0.1) is 0 Å². The average Bonchev–Trinajstić information content (AvgIpc) is 2.17. The predicted molar refractivity (Wildman–Crippen MR) is 59.2 cm³/mol. The van der Waals surface area contributed by atoms with Crippen LogP contribution in [0.2, 0.25) is 0 Å². The fraction of sp³-hybridized carbons (Fsp3) is 0.600. The second-order valence-corrected chi connectivity index (χ2v) is 3.52. The fourth-order valence-electron chi connectivity index (χ4n) is 1.40. The highest BCUT2D eigenvalue weighted by Gasteiger charge is 2.10. The van der Waals surface area contributed by atoms with Gasteiger partial charge in [0, 0.05) is 19.3 Å². The number of nitrogens with two attached hydrogens (primary N) is 1. The number of hydrogen-bond acceptors (Lipinski definition) is 4. The SMILES string of the molecule is CCCC(C)N(C)c1ccnc(N)n1. The van der Waals surface area contributed by atoms with Crippen LogP contribution in [0.3, 0.4) is 0 Å². The Balaban J connectivity index is 2.73. The maximum absolute atomic E-state index is 5.52. The van der Waals surface area contributed by atoms with Crippen molar-refractivity contribution in [1.82, 2.24) is 9.97 Å². The van der Waals surface area contributed by atoms with Crippen LogP contribution in [-0.4, -0.2) is 23.1 Å². The van der Waals surface area contributed by atoms with Gasteiger partial charge in [0.1, 0.15) is 5.82 Å². The Morgan fingerprint density at radius 3 is 2.86 bits per heavy atom. The molecule has 0 amide bonds. The van der Waals surface area contributed by atoms with Crippen molar-refractivity contribution in [2.75, 3.05) is 17.7 Å². The van der Waals surface area contributed by atoms with Crippen LogP contribution in [0.25, 0.3) is 0 Å². The van der Waals surface area contributed by atoms with E-state index in [1.807, 2.05) is 13.1 Å². The summed E-state index contributed by atoms with van der Waals surface area (Å²) in [5.41, 5.74) is 5.52. The van der Waals surface area contributed by atoms with Gasteiger partial charge < -0.3 is 10.6 Å². The number of nitrogen functional groups attached to an aromatic ring is 1. The van der Waals surface area contributed by atoms with E-state index in [1.54, 1.807) is 6.20 Å². The highest BCUT2D eigenvalue weighted by molar-refractivity contribution is 5.40. The summed E-state index contributed by atoms with van der Waals surface area (Å²) in [7, 11) is 2.03. The maximum atomic E-state index is 5.52. The molecule has 0 spiro atoms. The third kappa shape index (κ3) is 2.58. The zero-order valence-corrected chi connectivity index (χ0v) is 9.07. The molecule has 0 aromatic carbocycles. The highest BCUT2D eigenvalue weighted by atomic mass is 15.2. The summed E-state index contributed by atoms with van der Waals surface area (Å²) < 4.78 is 0. The van der Waals surface area contributed by atoms with Crippen molar-refractivity contribution in [2.24, 2.45) is 0 Å². The van der Waals surface area contributed by atoms with Crippen LogP contribution in [0.1, 0.15) is 26.7 Å². The van der Waals surface area contributed by atoms with Crippen LogP contribution in [0.15, 0.2) is 12.3 Å². The summed E-state index contributed by atoms with van der Waals surface area (Å²) in [4.78, 5) is 10.2. The second-order valence-electron chi connectivity index (χ2n) is 3.52. The van der Waals surface area contributed by atoms with E-state index in [0.29, 0.717) is 12.0 Å². The smallest absolute Gasteiger partial charge is 0.221 e. The molecule has 0 aliphatic heterocycles. The van der Waals surface area contributed by atoms with Crippen molar-refractivity contribution >= 4 is 11.8 Å². The number of hydrogen-bond donors (Lipinski definition) is 1. The van der Waals surface area contributed by atoms with Gasteiger partial charge in [-0.1, -0.05) is 13.3 Å². The number of aromatic nitrogens is 2. The lowest BCUT2D eigenvalue weighted by Crippen LogP contribution is -2.29. The largest absolute Gasteiger partial charge is 0.368 e. The monoisotopic (exact) mass is 194 g/mol. The van der Waals surface area contributed by atoms with Crippen LogP contribution >= 0.6 is 0 Å². The maximum Gasteiger partial charge on any atom is 0.221 e. The normalized spacial score (nSPS) is 12.5. The van der Waals surface area contributed by atoms with Crippen molar-refractivity contribution in [3.8, 4) is 0 Å². The average molecular weight is 194 g/mol. The van der Waals surface area contributed by atoms with Crippen LogP contribution < -0.4 is 10.6 Å². The molecule has 0 fully saturated rings. The third-order valence-corrected chi connectivity index (χ3v) is 2.39. The number of rotatable bonds is 4. The van der Waals surface area contributed by atoms with E-state index in [2.05, 4.69) is 28.7 Å². The Morgan fingerprint density at radius 1 is 1.57 bits per heavy atom. The molecule has 0 aliphatic carbocycles. The summed E-state index contributed by atoms with van der Waals surface area (Å²) in [6.45, 7) is 4.36. The van der Waals surface area contributed by atoms with Crippen molar-refractivity contribution < 1.29 is 0 Å². The van der Waals surface area contributed by atoms with E-state index in [0.717, 1.165) is 12.2 Å². The fourth-order valence-corrected chi connectivity index (χ4v) is 1.40. The molecule has 0 radical (unpaired) electrons. The summed E-state index contributed by atoms with van der Waals surface area (Å²) in [6, 6.07) is 2.36. The van der Waals surface area contributed by atoms with E-state index in [-0.39, 0.29) is 0 Å². The minimum atomic E-state index is 0.332. The Morgan fingerprint density at radius 2 is 2.29 bits per heavy atom. The van der Waals surface area contributed by atoms with E-state index in [4.69, 9.17) is 5.73 Å². The molecule has 1 heterocycles. The predicted octanol–water partition coefficient (Wildman–Crippen LogP) is 1.68. The minimum Gasteiger partial charge on any atom is -0.368 e. The van der Waals surface area contributed by atoms with Crippen LogP contribution in [-0.2, 0) is 0 Å². The van der Waals surface area contributed by atoms with Gasteiger partial charge in [-0.05, 0) is 19.4 Å². The zero-order chi connectivity index (χ0) is 10.6. The van der Waals surface area contributed by atoms with Crippen molar-refractivity contribution in [2.45, 2.75) is 32.7 Å². The molecule has 0 saturated carbocycles. The molecule has 1 atom stereocenters. The third-order valence-electron chi connectivity index (χ3n) is 2.39. The highest BCUT2D eigenvalue weighted by Crippen LogP contribution is 2.14. The Bertz CT molecular complexity index is 287. The number of anilines is 2. The van der Waals surface area contributed by atoms with Crippen LogP contribution in [0.5, 0.6) is 0 Å². The van der Waals surface area contributed by atoms with Gasteiger partial charge in [-0.15, -0.1) is 0 Å². The Kier molecular flexibility index (Phi) is 3.68.